The van der Waals surface area contributed by atoms with E-state index < -0.39 is 25.8 Å². The zero-order valence-electron chi connectivity index (χ0n) is 22.1. The third-order valence-corrected chi connectivity index (χ3v) is 29.7. The van der Waals surface area contributed by atoms with Crippen molar-refractivity contribution >= 4 is 28.1 Å². The Balaban J connectivity index is 0.00000168. The summed E-state index contributed by atoms with van der Waals surface area (Å²) in [7, 11) is 0. The Hall–Kier alpha value is -1.000. The Morgan fingerprint density at radius 3 is 1.47 bits per heavy atom. The molecule has 6 heteroatoms. The molecule has 0 amide bonds. The molecule has 0 fully saturated rings. The van der Waals surface area contributed by atoms with Crippen LogP contribution in [0, 0.1) is 0 Å². The summed E-state index contributed by atoms with van der Waals surface area (Å²) in [6.07, 6.45) is 24.1. The van der Waals surface area contributed by atoms with E-state index in [1.54, 1.807) is 33.4 Å². The van der Waals surface area contributed by atoms with Gasteiger partial charge in [-0.1, -0.05) is 0 Å². The van der Waals surface area contributed by atoms with Gasteiger partial charge < -0.3 is 24.8 Å². The van der Waals surface area contributed by atoms with Crippen molar-refractivity contribution in [2.75, 3.05) is 0 Å². The van der Waals surface area contributed by atoms with Gasteiger partial charge in [0.05, 0.1) is 0 Å². The third kappa shape index (κ3) is 5.35. The van der Waals surface area contributed by atoms with Crippen molar-refractivity contribution in [1.29, 1.82) is 0 Å². The molecule has 0 N–H and O–H groups in total. The molecule has 0 nitrogen and oxygen atoms in total. The summed E-state index contributed by atoms with van der Waals surface area (Å²) in [6, 6.07) is 9.03. The van der Waals surface area contributed by atoms with Crippen LogP contribution in [0.15, 0.2) is 129 Å². The second-order valence-electron chi connectivity index (χ2n) is 10.4. The number of allylic oxidation sites excluding steroid dienone is 16. The molecule has 4 aliphatic carbocycles. The van der Waals surface area contributed by atoms with Crippen molar-refractivity contribution in [2.45, 2.75) is 46.0 Å². The average Bonchev–Trinajstić information content (AvgIpc) is 3.63. The van der Waals surface area contributed by atoms with Crippen LogP contribution in [0.3, 0.4) is 0 Å². The van der Waals surface area contributed by atoms with E-state index in [-0.39, 0.29) is 24.8 Å². The van der Waals surface area contributed by atoms with Gasteiger partial charge in [-0.2, -0.15) is 0 Å². The van der Waals surface area contributed by atoms with Gasteiger partial charge in [0, 0.05) is 0 Å². The molecule has 0 spiro atoms. The van der Waals surface area contributed by atoms with Crippen LogP contribution in [0.25, 0.3) is 0 Å². The second-order valence-corrected chi connectivity index (χ2v) is 30.2. The van der Waals surface area contributed by atoms with E-state index >= 15 is 0 Å². The summed E-state index contributed by atoms with van der Waals surface area (Å²) in [5, 5.41) is 4.45. The Bertz CT molecular complexity index is 1370. The Kier molecular flexibility index (Phi) is 9.99. The largest absolute Gasteiger partial charge is 1.00 e. The summed E-state index contributed by atoms with van der Waals surface area (Å²) in [4.78, 5) is 2.93. The van der Waals surface area contributed by atoms with Gasteiger partial charge in [-0.25, -0.2) is 0 Å². The molecule has 38 heavy (non-hydrogen) atoms. The quantitative estimate of drug-likeness (QED) is 0.434. The summed E-state index contributed by atoms with van der Waals surface area (Å²) >= 11 is 1.74. The molecule has 194 valence electrons. The first kappa shape index (κ1) is 30.0. The molecule has 2 aromatic heterocycles. The van der Waals surface area contributed by atoms with Crippen molar-refractivity contribution in [2.24, 2.45) is 0 Å². The molecule has 0 saturated heterocycles. The van der Waals surface area contributed by atoms with Crippen LogP contribution >= 0.6 is 22.7 Å². The molecule has 0 aromatic carbocycles. The first-order valence-electron chi connectivity index (χ1n) is 12.8. The fraction of sp³-hybridized carbons (Fsp3) is 0.250. The maximum atomic E-state index is 2.63. The third-order valence-electron chi connectivity index (χ3n) is 7.92. The zero-order chi connectivity index (χ0) is 24.8. The first-order chi connectivity index (χ1) is 17.5. The van der Waals surface area contributed by atoms with Gasteiger partial charge >= 0.3 is 233 Å². The molecule has 0 aliphatic heterocycles. The van der Waals surface area contributed by atoms with Crippen LogP contribution in [0.4, 0.5) is 0 Å². The molecule has 2 heterocycles. The maximum Gasteiger partial charge on any atom is -1.00 e. The summed E-state index contributed by atoms with van der Waals surface area (Å²) < 4.78 is 1.35. The number of rotatable bonds is 4. The fourth-order valence-electron chi connectivity index (χ4n) is 6.45. The monoisotopic (exact) mass is 668 g/mol. The summed E-state index contributed by atoms with van der Waals surface area (Å²) in [5.74, 6) is 0.785. The van der Waals surface area contributed by atoms with E-state index in [4.69, 9.17) is 0 Å². The van der Waals surface area contributed by atoms with E-state index in [2.05, 4.69) is 123 Å². The molecule has 0 radical (unpaired) electrons. The van der Waals surface area contributed by atoms with E-state index in [1.807, 2.05) is 22.7 Å². The van der Waals surface area contributed by atoms with E-state index in [0.717, 1.165) is 0 Å². The molecule has 4 unspecified atom stereocenters. The average molecular weight is 671 g/mol. The Labute approximate surface area is 256 Å². The Morgan fingerprint density at radius 1 is 0.658 bits per heavy atom. The van der Waals surface area contributed by atoms with Crippen molar-refractivity contribution in [3.8, 4) is 0 Å². The molecule has 4 atom stereocenters. The van der Waals surface area contributed by atoms with Crippen LogP contribution < -0.4 is 24.8 Å². The standard InChI is InChI=1S/2C15H13S.C2H6Si.2ClH.Zr/c2*1-11-9-12-5-2-3-6-13(14(12)10-11)15-7-4-8-16-15;1-3-2;;;/h2*2-10,13H,1H3;1-2H3;2*1H;/q;;;;;+2/p-2. The van der Waals surface area contributed by atoms with Gasteiger partial charge in [0.25, 0.3) is 0 Å². The van der Waals surface area contributed by atoms with E-state index in [9.17, 15) is 0 Å². The van der Waals surface area contributed by atoms with Crippen LogP contribution in [0.5, 0.6) is 0 Å². The molecular weight excluding hydrogens is 639 g/mol. The number of hydrogen-bond donors (Lipinski definition) is 0. The minimum Gasteiger partial charge on any atom is -1.00 e. The van der Waals surface area contributed by atoms with Gasteiger partial charge in [0.1, 0.15) is 0 Å². The van der Waals surface area contributed by atoms with Gasteiger partial charge in [-0.3, -0.25) is 0 Å². The van der Waals surface area contributed by atoms with E-state index in [0.29, 0.717) is 19.1 Å². The molecular formula is C32H32Cl2S2SiZr. The second kappa shape index (κ2) is 12.7. The molecule has 6 rings (SSSR count). The predicted molar refractivity (Wildman–Crippen MR) is 157 cm³/mol. The molecule has 0 bridgehead atoms. The van der Waals surface area contributed by atoms with Crippen molar-refractivity contribution in [1.82, 2.24) is 0 Å². The zero-order valence-corrected chi connectivity index (χ0v) is 28.7. The topological polar surface area (TPSA) is 0 Å². The van der Waals surface area contributed by atoms with E-state index in [1.165, 1.54) is 9.75 Å². The molecule has 4 aliphatic rings. The number of hydrogen-bond acceptors (Lipinski definition) is 2. The van der Waals surface area contributed by atoms with Gasteiger partial charge in [0.2, 0.25) is 0 Å². The van der Waals surface area contributed by atoms with Crippen molar-refractivity contribution in [3.63, 3.8) is 0 Å². The summed E-state index contributed by atoms with van der Waals surface area (Å²) in [6.45, 7) is 10.1. The minimum absolute atomic E-state index is 0. The normalized spacial score (nSPS) is 24.9. The SMILES string of the molecule is CC1=CC2=C(C=CC=CC2c2cccs2)[CH]1[Zr+2]([CH]1C(C)=CC2=C1C=CC=CC2c1cccs1)=[Si](C)C.[Cl-].[Cl-]. The van der Waals surface area contributed by atoms with Gasteiger partial charge in [-0.15, -0.1) is 0 Å². The first-order valence-corrected chi connectivity index (χ1v) is 23.6. The molecule has 0 saturated carbocycles. The minimum atomic E-state index is -2.05. The van der Waals surface area contributed by atoms with Crippen LogP contribution in [-0.2, 0) is 20.4 Å². The Morgan fingerprint density at radius 2 is 1.11 bits per heavy atom. The number of halogens is 2. The smallest absolute Gasteiger partial charge is 1.00 e. The predicted octanol–water partition coefficient (Wildman–Crippen LogP) is 3.90. The maximum absolute atomic E-state index is 2.63. The van der Waals surface area contributed by atoms with Crippen LogP contribution in [0.2, 0.25) is 20.3 Å². The fourth-order valence-corrected chi connectivity index (χ4v) is 28.9. The van der Waals surface area contributed by atoms with Crippen LogP contribution in [-0.4, -0.2) is 5.43 Å². The summed E-state index contributed by atoms with van der Waals surface area (Å²) in [5.41, 5.74) is 9.26. The van der Waals surface area contributed by atoms with Crippen molar-refractivity contribution < 1.29 is 45.2 Å². The number of thiophene rings is 2. The van der Waals surface area contributed by atoms with Gasteiger partial charge in [0.15, 0.2) is 0 Å². The van der Waals surface area contributed by atoms with Gasteiger partial charge in [-0.05, 0) is 0 Å². The van der Waals surface area contributed by atoms with Crippen molar-refractivity contribution in [3.05, 3.63) is 139 Å². The van der Waals surface area contributed by atoms with Crippen LogP contribution in [0.1, 0.15) is 35.4 Å². The molecule has 2 aromatic rings.